The smallest absolute Gasteiger partial charge is 0.234 e. The Morgan fingerprint density at radius 3 is 2.60 bits per heavy atom. The molecular formula is C27H27N3O3S2. The number of carbonyl (C=O) groups excluding carboxylic acids is 1. The van der Waals surface area contributed by atoms with Crippen LogP contribution in [0, 0.1) is 0 Å². The summed E-state index contributed by atoms with van der Waals surface area (Å²) in [6.07, 6.45) is 3.35. The van der Waals surface area contributed by atoms with Crippen molar-refractivity contribution < 1.29 is 14.6 Å². The molecule has 2 N–H and O–H groups in total. The Morgan fingerprint density at radius 1 is 1.14 bits per heavy atom. The minimum absolute atomic E-state index is 0.0340. The number of aromatic nitrogens is 1. The fourth-order valence-electron chi connectivity index (χ4n) is 3.69. The first kappa shape index (κ1) is 24.8. The molecule has 0 unspecified atom stereocenters. The van der Waals surface area contributed by atoms with E-state index in [9.17, 15) is 9.90 Å². The Labute approximate surface area is 213 Å². The number of carbonyl (C=O) groups is 1. The van der Waals surface area contributed by atoms with Crippen molar-refractivity contribution in [1.29, 1.82) is 0 Å². The van der Waals surface area contributed by atoms with Gasteiger partial charge in [0.2, 0.25) is 5.91 Å². The zero-order valence-corrected chi connectivity index (χ0v) is 21.5. The molecule has 0 atom stereocenters. The highest BCUT2D eigenvalue weighted by Gasteiger charge is 2.12. The first-order chi connectivity index (χ1) is 17.0. The van der Waals surface area contributed by atoms with E-state index >= 15 is 0 Å². The number of hydrogen-bond acceptors (Lipinski definition) is 7. The number of amides is 1. The number of anilines is 1. The van der Waals surface area contributed by atoms with Gasteiger partial charge in [-0.3, -0.25) is 9.79 Å². The zero-order valence-electron chi connectivity index (χ0n) is 19.9. The fraction of sp³-hybridized carbons (Fsp3) is 0.222. The molecule has 1 heterocycles. The lowest BCUT2D eigenvalue weighted by molar-refractivity contribution is -0.113. The number of nitrogens with zero attached hydrogens (tertiary/aromatic N) is 2. The maximum atomic E-state index is 12.7. The van der Waals surface area contributed by atoms with E-state index < -0.39 is 0 Å². The Hall–Kier alpha value is -3.36. The number of rotatable bonds is 9. The maximum Gasteiger partial charge on any atom is 0.234 e. The van der Waals surface area contributed by atoms with E-state index in [0.29, 0.717) is 17.1 Å². The number of phenolic OH excluding ortho intramolecular Hbond substituents is 1. The van der Waals surface area contributed by atoms with Crippen molar-refractivity contribution in [2.24, 2.45) is 4.99 Å². The Morgan fingerprint density at radius 2 is 1.89 bits per heavy atom. The predicted octanol–water partition coefficient (Wildman–Crippen LogP) is 6.62. The molecule has 0 spiro atoms. The molecule has 0 fully saturated rings. The second kappa shape index (κ2) is 11.4. The SMILES string of the molecule is CCc1cccc(CC)c1NC(=O)CSc1nc2ccc(N=Cc3cccc(OC)c3O)cc2s1. The van der Waals surface area contributed by atoms with Gasteiger partial charge in [0.1, 0.15) is 0 Å². The van der Waals surface area contributed by atoms with E-state index in [1.54, 1.807) is 24.4 Å². The fourth-order valence-corrected chi connectivity index (χ4v) is 5.59. The van der Waals surface area contributed by atoms with Crippen molar-refractivity contribution in [3.05, 3.63) is 71.3 Å². The van der Waals surface area contributed by atoms with Crippen LogP contribution in [0.15, 0.2) is 63.9 Å². The Balaban J connectivity index is 1.43. The molecule has 0 aliphatic carbocycles. The number of ether oxygens (including phenoxy) is 1. The second-order valence-electron chi connectivity index (χ2n) is 7.78. The Kier molecular flexibility index (Phi) is 8.05. The number of phenols is 1. The van der Waals surface area contributed by atoms with E-state index in [-0.39, 0.29) is 11.7 Å². The van der Waals surface area contributed by atoms with Crippen LogP contribution >= 0.6 is 23.1 Å². The molecular weight excluding hydrogens is 478 g/mol. The average molecular weight is 506 g/mol. The molecule has 0 saturated heterocycles. The molecule has 0 aliphatic rings. The van der Waals surface area contributed by atoms with E-state index in [1.165, 1.54) is 30.2 Å². The largest absolute Gasteiger partial charge is 0.504 e. The first-order valence-corrected chi connectivity index (χ1v) is 13.2. The van der Waals surface area contributed by atoms with Crippen LogP contribution in [0.25, 0.3) is 10.2 Å². The van der Waals surface area contributed by atoms with Crippen LogP contribution in [0.4, 0.5) is 11.4 Å². The van der Waals surface area contributed by atoms with E-state index in [0.717, 1.165) is 49.9 Å². The average Bonchev–Trinajstić information content (AvgIpc) is 3.29. The molecule has 1 amide bonds. The summed E-state index contributed by atoms with van der Waals surface area (Å²) in [5.41, 5.74) is 5.44. The van der Waals surface area contributed by atoms with E-state index in [4.69, 9.17) is 4.74 Å². The highest BCUT2D eigenvalue weighted by atomic mass is 32.2. The molecule has 0 radical (unpaired) electrons. The quantitative estimate of drug-likeness (QED) is 0.197. The van der Waals surface area contributed by atoms with Crippen LogP contribution in [-0.4, -0.2) is 35.1 Å². The molecule has 6 nitrogen and oxygen atoms in total. The number of thioether (sulfide) groups is 1. The number of benzene rings is 3. The van der Waals surface area contributed by atoms with E-state index in [1.807, 2.05) is 24.3 Å². The van der Waals surface area contributed by atoms with Gasteiger partial charge in [0.05, 0.1) is 28.8 Å². The number of nitrogens with one attached hydrogen (secondary N) is 1. The third kappa shape index (κ3) is 5.83. The van der Waals surface area contributed by atoms with Crippen molar-refractivity contribution in [1.82, 2.24) is 4.98 Å². The van der Waals surface area contributed by atoms with Crippen LogP contribution in [0.1, 0.15) is 30.5 Å². The van der Waals surface area contributed by atoms with Crippen LogP contribution in [-0.2, 0) is 17.6 Å². The Bertz CT molecular complexity index is 1360. The lowest BCUT2D eigenvalue weighted by Crippen LogP contribution is -2.16. The predicted molar refractivity (Wildman–Crippen MR) is 146 cm³/mol. The number of hydrogen-bond donors (Lipinski definition) is 2. The van der Waals surface area contributed by atoms with Gasteiger partial charge < -0.3 is 15.2 Å². The van der Waals surface area contributed by atoms with Crippen LogP contribution in [0.2, 0.25) is 0 Å². The van der Waals surface area contributed by atoms with Crippen LogP contribution in [0.3, 0.4) is 0 Å². The maximum absolute atomic E-state index is 12.7. The molecule has 3 aromatic carbocycles. The van der Waals surface area contributed by atoms with Crippen LogP contribution in [0.5, 0.6) is 11.5 Å². The van der Waals surface area contributed by atoms with Crippen molar-refractivity contribution >= 4 is 56.8 Å². The molecule has 35 heavy (non-hydrogen) atoms. The summed E-state index contributed by atoms with van der Waals surface area (Å²) in [7, 11) is 1.51. The highest BCUT2D eigenvalue weighted by molar-refractivity contribution is 8.01. The summed E-state index contributed by atoms with van der Waals surface area (Å²) in [5, 5.41) is 13.3. The highest BCUT2D eigenvalue weighted by Crippen LogP contribution is 2.33. The molecule has 8 heteroatoms. The summed E-state index contributed by atoms with van der Waals surface area (Å²) in [4.78, 5) is 21.8. The lowest BCUT2D eigenvalue weighted by atomic mass is 10.0. The molecule has 180 valence electrons. The van der Waals surface area contributed by atoms with Gasteiger partial charge in [-0.25, -0.2) is 4.98 Å². The van der Waals surface area contributed by atoms with Gasteiger partial charge in [0, 0.05) is 17.5 Å². The number of aromatic hydroxyl groups is 1. The summed E-state index contributed by atoms with van der Waals surface area (Å²) in [5.74, 6) is 0.721. The van der Waals surface area contributed by atoms with Crippen molar-refractivity contribution in [3.8, 4) is 11.5 Å². The molecule has 0 saturated carbocycles. The minimum Gasteiger partial charge on any atom is -0.504 e. The van der Waals surface area contributed by atoms with Gasteiger partial charge in [-0.1, -0.05) is 49.9 Å². The third-order valence-corrected chi connectivity index (χ3v) is 7.71. The van der Waals surface area contributed by atoms with Gasteiger partial charge in [-0.15, -0.1) is 11.3 Å². The molecule has 4 aromatic rings. The van der Waals surface area contributed by atoms with Crippen molar-refractivity contribution in [2.75, 3.05) is 18.2 Å². The number of fused-ring (bicyclic) bond motifs is 1. The lowest BCUT2D eigenvalue weighted by Gasteiger charge is -2.14. The first-order valence-electron chi connectivity index (χ1n) is 11.4. The number of aryl methyl sites for hydroxylation is 2. The zero-order chi connectivity index (χ0) is 24.8. The second-order valence-corrected chi connectivity index (χ2v) is 10.0. The number of methoxy groups -OCH3 is 1. The van der Waals surface area contributed by atoms with Gasteiger partial charge in [-0.05, 0) is 54.3 Å². The summed E-state index contributed by atoms with van der Waals surface area (Å²) < 4.78 is 6.97. The monoisotopic (exact) mass is 505 g/mol. The normalized spacial score (nSPS) is 11.3. The van der Waals surface area contributed by atoms with Gasteiger partial charge >= 0.3 is 0 Å². The number of aliphatic imine (C=N–C) groups is 1. The van der Waals surface area contributed by atoms with Crippen LogP contribution < -0.4 is 10.1 Å². The van der Waals surface area contributed by atoms with Crippen molar-refractivity contribution in [2.45, 2.75) is 31.0 Å². The third-order valence-electron chi connectivity index (χ3n) is 5.55. The summed E-state index contributed by atoms with van der Waals surface area (Å²) in [6, 6.07) is 17.2. The molecule has 0 aliphatic heterocycles. The minimum atomic E-state index is -0.0340. The number of thiazole rings is 1. The molecule has 0 bridgehead atoms. The van der Waals surface area contributed by atoms with Gasteiger partial charge in [-0.2, -0.15) is 0 Å². The summed E-state index contributed by atoms with van der Waals surface area (Å²) >= 11 is 2.97. The van der Waals surface area contributed by atoms with E-state index in [2.05, 4.69) is 41.3 Å². The standard InChI is InChI=1S/C27H27N3O3S2/c1-4-17-8-6-9-18(5-2)25(17)30-24(31)16-34-27-29-21-13-12-20(14-23(21)35-27)28-15-19-10-7-11-22(33-3)26(19)32/h6-15,32H,4-5,16H2,1-3H3,(H,30,31). The van der Waals surface area contributed by atoms with Gasteiger partial charge in [0.25, 0.3) is 0 Å². The topological polar surface area (TPSA) is 83.8 Å². The number of para-hydroxylation sites is 2. The van der Waals surface area contributed by atoms with Crippen molar-refractivity contribution in [3.63, 3.8) is 0 Å². The van der Waals surface area contributed by atoms with Gasteiger partial charge in [0.15, 0.2) is 15.8 Å². The molecule has 4 rings (SSSR count). The molecule has 1 aromatic heterocycles. The summed E-state index contributed by atoms with van der Waals surface area (Å²) in [6.45, 7) is 4.19.